The second-order valence-corrected chi connectivity index (χ2v) is 2.57. The smallest absolute Gasteiger partial charge is 0.348 e. The summed E-state index contributed by atoms with van der Waals surface area (Å²) in [7, 11) is 1.20. The molecule has 0 fully saturated rings. The van der Waals surface area contributed by atoms with Gasteiger partial charge < -0.3 is 9.53 Å². The molecule has 4 heteroatoms. The quantitative estimate of drug-likeness (QED) is 0.221. The van der Waals surface area contributed by atoms with Crippen molar-refractivity contribution >= 4 is 12.3 Å². The number of carbonyl (C=O) groups excluding carboxylic acids is 2. The molecule has 0 spiro atoms. The van der Waals surface area contributed by atoms with Crippen molar-refractivity contribution in [3.05, 3.63) is 23.3 Å². The lowest BCUT2D eigenvalue weighted by atomic mass is 10.2. The molecule has 0 aliphatic heterocycles. The third-order valence-corrected chi connectivity index (χ3v) is 1.47. The van der Waals surface area contributed by atoms with E-state index in [2.05, 4.69) is 4.74 Å². The van der Waals surface area contributed by atoms with E-state index in [4.69, 9.17) is 5.26 Å². The number of aldehydes is 1. The van der Waals surface area contributed by atoms with Crippen molar-refractivity contribution < 1.29 is 14.3 Å². The molecule has 0 amide bonds. The second-order valence-electron chi connectivity index (χ2n) is 2.57. The third-order valence-electron chi connectivity index (χ3n) is 1.47. The van der Waals surface area contributed by atoms with Crippen molar-refractivity contribution in [2.24, 2.45) is 0 Å². The van der Waals surface area contributed by atoms with E-state index in [1.807, 2.05) is 0 Å². The van der Waals surface area contributed by atoms with Crippen LogP contribution in [0.5, 0.6) is 0 Å². The molecule has 0 N–H and O–H groups in total. The molecule has 0 unspecified atom stereocenters. The van der Waals surface area contributed by atoms with E-state index in [1.54, 1.807) is 19.1 Å². The summed E-state index contributed by atoms with van der Waals surface area (Å²) < 4.78 is 4.37. The van der Waals surface area contributed by atoms with Crippen molar-refractivity contribution in [2.75, 3.05) is 7.11 Å². The molecule has 0 atom stereocenters. The van der Waals surface area contributed by atoms with Crippen LogP contribution in [0.2, 0.25) is 0 Å². The maximum absolute atomic E-state index is 10.9. The third kappa shape index (κ3) is 4.21. The molecule has 14 heavy (non-hydrogen) atoms. The topological polar surface area (TPSA) is 67.2 Å². The summed E-state index contributed by atoms with van der Waals surface area (Å²) in [6.45, 7) is 1.73. The molecule has 0 heterocycles. The van der Waals surface area contributed by atoms with Crippen LogP contribution < -0.4 is 0 Å². The first-order valence-corrected chi connectivity index (χ1v) is 3.95. The molecule has 0 rings (SSSR count). The van der Waals surface area contributed by atoms with E-state index in [9.17, 15) is 9.59 Å². The highest BCUT2D eigenvalue weighted by molar-refractivity contribution is 5.92. The molecule has 0 aliphatic carbocycles. The number of allylic oxidation sites excluding steroid dienone is 3. The van der Waals surface area contributed by atoms with Crippen LogP contribution in [0, 0.1) is 11.3 Å². The Balaban J connectivity index is 4.63. The maximum atomic E-state index is 10.9. The molecule has 0 aliphatic rings. The van der Waals surface area contributed by atoms with Crippen LogP contribution in [0.15, 0.2) is 23.3 Å². The zero-order valence-electron chi connectivity index (χ0n) is 8.11. The molecule has 0 aromatic rings. The minimum Gasteiger partial charge on any atom is -0.465 e. The summed E-state index contributed by atoms with van der Waals surface area (Å²) in [5, 5.41) is 8.55. The minimum absolute atomic E-state index is 0.0854. The van der Waals surface area contributed by atoms with Crippen molar-refractivity contribution in [3.8, 4) is 6.07 Å². The van der Waals surface area contributed by atoms with Gasteiger partial charge in [0, 0.05) is 6.42 Å². The molecular weight excluding hydrogens is 182 g/mol. The van der Waals surface area contributed by atoms with Gasteiger partial charge >= 0.3 is 5.97 Å². The molecule has 0 bridgehead atoms. The molecule has 0 aromatic heterocycles. The van der Waals surface area contributed by atoms with E-state index in [-0.39, 0.29) is 12.0 Å². The summed E-state index contributed by atoms with van der Waals surface area (Å²) in [6, 6.07) is 1.70. The van der Waals surface area contributed by atoms with Gasteiger partial charge in [0.05, 0.1) is 7.11 Å². The van der Waals surface area contributed by atoms with Crippen LogP contribution in [0.3, 0.4) is 0 Å². The zero-order valence-corrected chi connectivity index (χ0v) is 8.11. The number of carbonyl (C=O) groups is 2. The van der Waals surface area contributed by atoms with Crippen molar-refractivity contribution in [2.45, 2.75) is 13.3 Å². The Labute approximate surface area is 82.5 Å². The van der Waals surface area contributed by atoms with Gasteiger partial charge in [-0.1, -0.05) is 11.6 Å². The predicted molar refractivity (Wildman–Crippen MR) is 50.2 cm³/mol. The first kappa shape index (κ1) is 12.1. The molecule has 0 saturated heterocycles. The molecule has 74 valence electrons. The molecular formula is C10H11NO3. The van der Waals surface area contributed by atoms with Gasteiger partial charge in [-0.3, -0.25) is 0 Å². The number of esters is 1. The summed E-state index contributed by atoms with van der Waals surface area (Å²) in [5.74, 6) is -0.678. The normalized spacial score (nSPS) is 11.8. The number of ether oxygens (including phenoxy) is 1. The van der Waals surface area contributed by atoms with E-state index in [0.717, 1.165) is 11.9 Å². The van der Waals surface area contributed by atoms with Gasteiger partial charge in [-0.25, -0.2) is 4.79 Å². The van der Waals surface area contributed by atoms with Gasteiger partial charge in [0.1, 0.15) is 17.9 Å². The molecule has 4 nitrogen and oxygen atoms in total. The van der Waals surface area contributed by atoms with Gasteiger partial charge in [0.25, 0.3) is 0 Å². The van der Waals surface area contributed by atoms with Crippen LogP contribution in [0.25, 0.3) is 0 Å². The average molecular weight is 193 g/mol. The summed E-state index contributed by atoms with van der Waals surface area (Å²) in [5.41, 5.74) is 0.689. The number of nitriles is 1. The van der Waals surface area contributed by atoms with Crippen LogP contribution in [0.4, 0.5) is 0 Å². The van der Waals surface area contributed by atoms with Crippen LogP contribution in [0.1, 0.15) is 13.3 Å². The highest BCUT2D eigenvalue weighted by Crippen LogP contribution is 2.01. The number of hydrogen-bond donors (Lipinski definition) is 0. The molecule has 0 radical (unpaired) electrons. The van der Waals surface area contributed by atoms with E-state index >= 15 is 0 Å². The molecule has 0 saturated carbocycles. The Kier molecular flexibility index (Phi) is 5.72. The van der Waals surface area contributed by atoms with Crippen LogP contribution >= 0.6 is 0 Å². The van der Waals surface area contributed by atoms with Crippen LogP contribution in [-0.2, 0) is 14.3 Å². The van der Waals surface area contributed by atoms with Crippen molar-refractivity contribution in [1.82, 2.24) is 0 Å². The summed E-state index contributed by atoms with van der Waals surface area (Å²) >= 11 is 0. The standard InChI is InChI=1S/C10H11NO3/c1-8(5-6-12)3-4-9(7-11)10(13)14-2/h3-4,6H,5H2,1-2H3/b8-3+,9-4+. The van der Waals surface area contributed by atoms with E-state index in [0.29, 0.717) is 0 Å². The average Bonchev–Trinajstić information content (AvgIpc) is 2.18. The minimum atomic E-state index is -0.678. The van der Waals surface area contributed by atoms with Gasteiger partial charge in [0.15, 0.2) is 0 Å². The van der Waals surface area contributed by atoms with E-state index in [1.165, 1.54) is 13.2 Å². The van der Waals surface area contributed by atoms with Crippen molar-refractivity contribution in [3.63, 3.8) is 0 Å². The summed E-state index contributed by atoms with van der Waals surface area (Å²) in [4.78, 5) is 21.0. The fourth-order valence-corrected chi connectivity index (χ4v) is 0.686. The highest BCUT2D eigenvalue weighted by atomic mass is 16.5. The number of rotatable bonds is 4. The van der Waals surface area contributed by atoms with Gasteiger partial charge in [0.2, 0.25) is 0 Å². The Morgan fingerprint density at radius 1 is 1.50 bits per heavy atom. The monoisotopic (exact) mass is 193 g/mol. The highest BCUT2D eigenvalue weighted by Gasteiger charge is 2.06. The lowest BCUT2D eigenvalue weighted by Gasteiger charge is -1.94. The van der Waals surface area contributed by atoms with Gasteiger partial charge in [-0.15, -0.1) is 0 Å². The van der Waals surface area contributed by atoms with Gasteiger partial charge in [-0.2, -0.15) is 5.26 Å². The number of hydrogen-bond acceptors (Lipinski definition) is 4. The number of methoxy groups -OCH3 is 1. The first-order valence-electron chi connectivity index (χ1n) is 3.95. The summed E-state index contributed by atoms with van der Waals surface area (Å²) in [6.07, 6.45) is 3.93. The first-order chi connectivity index (χ1) is 6.65. The SMILES string of the molecule is COC(=O)/C(C#N)=C/C=C(\C)CC=O. The fourth-order valence-electron chi connectivity index (χ4n) is 0.686. The fraction of sp³-hybridized carbons (Fsp3) is 0.300. The van der Waals surface area contributed by atoms with Crippen LogP contribution in [-0.4, -0.2) is 19.4 Å². The largest absolute Gasteiger partial charge is 0.465 e. The number of nitrogens with zero attached hydrogens (tertiary/aromatic N) is 1. The lowest BCUT2D eigenvalue weighted by molar-refractivity contribution is -0.135. The van der Waals surface area contributed by atoms with E-state index < -0.39 is 5.97 Å². The maximum Gasteiger partial charge on any atom is 0.348 e. The molecule has 0 aromatic carbocycles. The lowest BCUT2D eigenvalue weighted by Crippen LogP contribution is -2.02. The zero-order chi connectivity index (χ0) is 11.0. The predicted octanol–water partition coefficient (Wildman–Crippen LogP) is 1.14. The van der Waals surface area contributed by atoms with Crippen molar-refractivity contribution in [1.29, 1.82) is 5.26 Å². The second kappa shape index (κ2) is 6.61. The Bertz CT molecular complexity index is 321. The van der Waals surface area contributed by atoms with Gasteiger partial charge in [-0.05, 0) is 13.0 Å². The Morgan fingerprint density at radius 2 is 2.14 bits per heavy atom. The Morgan fingerprint density at radius 3 is 2.57 bits per heavy atom. The Hall–Kier alpha value is -1.89.